The molecule has 0 aliphatic carbocycles. The zero-order valence-electron chi connectivity index (χ0n) is 16.9. The van der Waals surface area contributed by atoms with Crippen molar-refractivity contribution in [1.29, 1.82) is 0 Å². The second kappa shape index (κ2) is 8.61. The standard InChI is InChI=1S/C23H20N2O5S/c1-29-15-7-8-16(17(11-15)30-2)21(26)19-20(18-6-4-10-31-18)25(23(28)22(19)27)13-14-5-3-9-24-12-14/h3-12,20,26H,13H2,1-2H3/b21-19-. The number of hydrogen-bond donors (Lipinski definition) is 1. The predicted octanol–water partition coefficient (Wildman–Crippen LogP) is 3.78. The molecule has 1 aliphatic heterocycles. The molecule has 4 rings (SSSR count). The van der Waals surface area contributed by atoms with Crippen molar-refractivity contribution in [3.8, 4) is 11.5 Å². The third-order valence-corrected chi connectivity index (χ3v) is 6.02. The molecule has 1 fully saturated rings. The van der Waals surface area contributed by atoms with Crippen LogP contribution in [0.2, 0.25) is 0 Å². The Kier molecular flexibility index (Phi) is 5.73. The first kappa shape index (κ1) is 20.6. The minimum Gasteiger partial charge on any atom is -0.507 e. The largest absolute Gasteiger partial charge is 0.507 e. The van der Waals surface area contributed by atoms with Gasteiger partial charge in [0.05, 0.1) is 31.4 Å². The SMILES string of the molecule is COc1ccc(/C(O)=C2/C(=O)C(=O)N(Cc3cccnc3)C2c2cccs2)c(OC)c1. The Balaban J connectivity index is 1.85. The van der Waals surface area contributed by atoms with Crippen LogP contribution in [0.15, 0.2) is 65.8 Å². The van der Waals surface area contributed by atoms with E-state index in [9.17, 15) is 14.7 Å². The van der Waals surface area contributed by atoms with Gasteiger partial charge in [0.25, 0.3) is 11.7 Å². The van der Waals surface area contributed by atoms with E-state index in [0.29, 0.717) is 17.1 Å². The monoisotopic (exact) mass is 436 g/mol. The summed E-state index contributed by atoms with van der Waals surface area (Å²) in [5, 5.41) is 13.1. The fourth-order valence-electron chi connectivity index (χ4n) is 3.61. The van der Waals surface area contributed by atoms with E-state index in [-0.39, 0.29) is 17.9 Å². The number of aliphatic hydroxyl groups is 1. The minimum absolute atomic E-state index is 0.0276. The van der Waals surface area contributed by atoms with Crippen molar-refractivity contribution in [1.82, 2.24) is 9.88 Å². The number of carbonyl (C=O) groups is 2. The number of likely N-dealkylation sites (tertiary alicyclic amines) is 1. The summed E-state index contributed by atoms with van der Waals surface area (Å²) in [6, 6.07) is 11.5. The highest BCUT2D eigenvalue weighted by Crippen LogP contribution is 2.43. The van der Waals surface area contributed by atoms with Crippen LogP contribution in [0.25, 0.3) is 5.76 Å². The number of aromatic nitrogens is 1. The van der Waals surface area contributed by atoms with E-state index in [0.717, 1.165) is 10.4 Å². The zero-order valence-corrected chi connectivity index (χ0v) is 17.8. The molecule has 1 aliphatic rings. The Morgan fingerprint density at radius 3 is 2.65 bits per heavy atom. The number of amides is 1. The summed E-state index contributed by atoms with van der Waals surface area (Å²) in [4.78, 5) is 32.4. The lowest BCUT2D eigenvalue weighted by Crippen LogP contribution is -2.28. The molecular formula is C23H20N2O5S. The molecule has 31 heavy (non-hydrogen) atoms. The van der Waals surface area contributed by atoms with Crippen molar-refractivity contribution in [2.24, 2.45) is 0 Å². The summed E-state index contributed by atoms with van der Waals surface area (Å²) >= 11 is 1.41. The quantitative estimate of drug-likeness (QED) is 0.359. The van der Waals surface area contributed by atoms with Crippen molar-refractivity contribution in [2.45, 2.75) is 12.6 Å². The van der Waals surface area contributed by atoms with Gasteiger partial charge >= 0.3 is 0 Å². The Bertz CT molecular complexity index is 1140. The van der Waals surface area contributed by atoms with E-state index in [1.165, 1.54) is 30.5 Å². The molecule has 3 aromatic rings. The van der Waals surface area contributed by atoms with E-state index in [1.54, 1.807) is 36.7 Å². The lowest BCUT2D eigenvalue weighted by atomic mass is 9.99. The molecule has 0 spiro atoms. The number of methoxy groups -OCH3 is 2. The molecule has 1 saturated heterocycles. The second-order valence-corrected chi connectivity index (χ2v) is 7.85. The summed E-state index contributed by atoms with van der Waals surface area (Å²) in [6.07, 6.45) is 3.29. The fourth-order valence-corrected chi connectivity index (χ4v) is 4.46. The number of hydrogen-bond acceptors (Lipinski definition) is 7. The molecule has 0 saturated carbocycles. The van der Waals surface area contributed by atoms with E-state index in [1.807, 2.05) is 23.6 Å². The van der Waals surface area contributed by atoms with Gasteiger partial charge in [-0.25, -0.2) is 0 Å². The van der Waals surface area contributed by atoms with Crippen LogP contribution in [-0.4, -0.2) is 40.9 Å². The number of pyridine rings is 1. The van der Waals surface area contributed by atoms with Crippen LogP contribution in [0.5, 0.6) is 11.5 Å². The molecular weight excluding hydrogens is 416 g/mol. The first-order valence-electron chi connectivity index (χ1n) is 9.48. The van der Waals surface area contributed by atoms with Crippen LogP contribution in [0.4, 0.5) is 0 Å². The van der Waals surface area contributed by atoms with Gasteiger partial charge < -0.3 is 19.5 Å². The van der Waals surface area contributed by atoms with Crippen molar-refractivity contribution < 1.29 is 24.2 Å². The number of Topliss-reactive ketones (excluding diaryl/α,β-unsaturated/α-hetero) is 1. The highest BCUT2D eigenvalue weighted by Gasteiger charge is 2.46. The fraction of sp³-hybridized carbons (Fsp3) is 0.174. The molecule has 1 atom stereocenters. The third-order valence-electron chi connectivity index (χ3n) is 5.09. The van der Waals surface area contributed by atoms with Gasteiger partial charge in [-0.2, -0.15) is 0 Å². The van der Waals surface area contributed by atoms with Gasteiger partial charge in [-0.1, -0.05) is 12.1 Å². The van der Waals surface area contributed by atoms with Crippen LogP contribution < -0.4 is 9.47 Å². The average Bonchev–Trinajstić information content (AvgIpc) is 3.41. The number of aliphatic hydroxyl groups excluding tert-OH is 1. The van der Waals surface area contributed by atoms with Crippen molar-refractivity contribution >= 4 is 28.8 Å². The highest BCUT2D eigenvalue weighted by atomic mass is 32.1. The van der Waals surface area contributed by atoms with Gasteiger partial charge in [0, 0.05) is 29.9 Å². The van der Waals surface area contributed by atoms with Gasteiger partial charge in [0.15, 0.2) is 0 Å². The molecule has 1 unspecified atom stereocenters. The van der Waals surface area contributed by atoms with Crippen LogP contribution in [0.1, 0.15) is 22.0 Å². The maximum Gasteiger partial charge on any atom is 0.295 e. The number of nitrogens with zero attached hydrogens (tertiary/aromatic N) is 2. The first-order valence-corrected chi connectivity index (χ1v) is 10.4. The molecule has 158 valence electrons. The molecule has 7 nitrogen and oxygen atoms in total. The molecule has 1 aromatic carbocycles. The Labute approximate surface area is 183 Å². The Morgan fingerprint density at radius 1 is 1.16 bits per heavy atom. The number of ether oxygens (including phenoxy) is 2. The lowest BCUT2D eigenvalue weighted by Gasteiger charge is -2.24. The molecule has 3 heterocycles. The second-order valence-electron chi connectivity index (χ2n) is 6.87. The number of ketones is 1. The molecule has 8 heteroatoms. The number of carbonyl (C=O) groups excluding carboxylic acids is 2. The maximum atomic E-state index is 13.1. The highest BCUT2D eigenvalue weighted by molar-refractivity contribution is 7.10. The normalized spacial score (nSPS) is 17.7. The van der Waals surface area contributed by atoms with E-state index < -0.39 is 17.7 Å². The number of rotatable bonds is 6. The molecule has 1 N–H and O–H groups in total. The Morgan fingerprint density at radius 2 is 2.00 bits per heavy atom. The van der Waals surface area contributed by atoms with E-state index in [2.05, 4.69) is 4.98 Å². The zero-order chi connectivity index (χ0) is 22.0. The summed E-state index contributed by atoms with van der Waals surface area (Å²) in [7, 11) is 2.98. The van der Waals surface area contributed by atoms with Crippen molar-refractivity contribution in [3.05, 3.63) is 81.8 Å². The summed E-state index contributed by atoms with van der Waals surface area (Å²) in [5.74, 6) is -0.820. The van der Waals surface area contributed by atoms with Crippen LogP contribution in [0, 0.1) is 0 Å². The van der Waals surface area contributed by atoms with E-state index in [4.69, 9.17) is 9.47 Å². The van der Waals surface area contributed by atoms with Gasteiger partial charge in [-0.05, 0) is 35.2 Å². The molecule has 1 amide bonds. The third kappa shape index (κ3) is 3.77. The molecule has 0 radical (unpaired) electrons. The van der Waals surface area contributed by atoms with Crippen LogP contribution in [-0.2, 0) is 16.1 Å². The van der Waals surface area contributed by atoms with Crippen LogP contribution in [0.3, 0.4) is 0 Å². The van der Waals surface area contributed by atoms with Gasteiger partial charge in [-0.3, -0.25) is 14.6 Å². The topological polar surface area (TPSA) is 89.0 Å². The molecule has 2 aromatic heterocycles. The van der Waals surface area contributed by atoms with Gasteiger partial charge in [0.2, 0.25) is 0 Å². The van der Waals surface area contributed by atoms with E-state index >= 15 is 0 Å². The number of benzene rings is 1. The maximum absolute atomic E-state index is 13.1. The minimum atomic E-state index is -0.738. The molecule has 0 bridgehead atoms. The van der Waals surface area contributed by atoms with Crippen molar-refractivity contribution in [2.75, 3.05) is 14.2 Å². The average molecular weight is 436 g/mol. The van der Waals surface area contributed by atoms with Crippen LogP contribution >= 0.6 is 11.3 Å². The summed E-state index contributed by atoms with van der Waals surface area (Å²) < 4.78 is 10.6. The van der Waals surface area contributed by atoms with Crippen molar-refractivity contribution in [3.63, 3.8) is 0 Å². The number of thiophene rings is 1. The first-order chi connectivity index (χ1) is 15.0. The van der Waals surface area contributed by atoms with Gasteiger partial charge in [-0.15, -0.1) is 11.3 Å². The van der Waals surface area contributed by atoms with Gasteiger partial charge in [0.1, 0.15) is 17.3 Å². The predicted molar refractivity (Wildman–Crippen MR) is 116 cm³/mol. The lowest BCUT2D eigenvalue weighted by molar-refractivity contribution is -0.140. The summed E-state index contributed by atoms with van der Waals surface area (Å²) in [5.41, 5.74) is 1.12. The smallest absolute Gasteiger partial charge is 0.295 e. The Hall–Kier alpha value is -3.65. The summed E-state index contributed by atoms with van der Waals surface area (Å²) in [6.45, 7) is 0.192.